The number of hydrogen-bond donors (Lipinski definition) is 0. The molecular weight excluding hydrogens is 484 g/mol. The molecule has 5 aliphatic rings. The van der Waals surface area contributed by atoms with Crippen LogP contribution in [-0.4, -0.2) is 38.1 Å². The fourth-order valence-corrected chi connectivity index (χ4v) is 8.96. The third-order valence-electron chi connectivity index (χ3n) is 10.7. The Kier molecular flexibility index (Phi) is 7.51. The molecular formula is C34H42N2O3. The van der Waals surface area contributed by atoms with Crippen LogP contribution < -0.4 is 4.90 Å². The Balaban J connectivity index is 1.36. The molecule has 0 radical (unpaired) electrons. The van der Waals surface area contributed by atoms with Crippen LogP contribution in [0.25, 0.3) is 0 Å². The standard InChI is InChI=1S/C34H42N2O3/c1-3-4-19-39-22-32(37)31-16-15-30-28-13-9-24-20-25(35-38)10-14-27(24)33(28)29(21-34(30,31)2)23-7-11-26(12-8-23)36-17-5-6-18-36/h7-8,11-12,20,25,28-31H,5-6,9-10,13-19,21-22H2,1-2H3/t25?,28-,29+,30-,31+,34-/m0/s1. The summed E-state index contributed by atoms with van der Waals surface area (Å²) in [6, 6.07) is 9.19. The Morgan fingerprint density at radius 2 is 1.90 bits per heavy atom. The van der Waals surface area contributed by atoms with Gasteiger partial charge in [-0.25, -0.2) is 0 Å². The van der Waals surface area contributed by atoms with Gasteiger partial charge in [-0.3, -0.25) is 4.79 Å². The van der Waals surface area contributed by atoms with Crippen LogP contribution in [0.4, 0.5) is 5.69 Å². The molecule has 0 aromatic heterocycles. The molecule has 0 bridgehead atoms. The summed E-state index contributed by atoms with van der Waals surface area (Å²) in [5.41, 5.74) is 7.18. The van der Waals surface area contributed by atoms with Gasteiger partial charge in [-0.05, 0) is 111 Å². The minimum absolute atomic E-state index is 0.0351. The monoisotopic (exact) mass is 526 g/mol. The lowest BCUT2D eigenvalue weighted by Crippen LogP contribution is -2.45. The van der Waals surface area contributed by atoms with Crippen molar-refractivity contribution >= 4 is 11.5 Å². The molecule has 39 heavy (non-hydrogen) atoms. The highest BCUT2D eigenvalue weighted by atomic mass is 16.5. The highest BCUT2D eigenvalue weighted by Gasteiger charge is 2.58. The molecule has 6 atom stereocenters. The number of Topliss-reactive ketones (excluding diaryl/α,β-unsaturated/α-hetero) is 1. The van der Waals surface area contributed by atoms with Gasteiger partial charge in [-0.15, -0.1) is 5.92 Å². The Hall–Kier alpha value is -2.71. The topological polar surface area (TPSA) is 59.0 Å². The number of nitroso groups, excluding NO2 is 1. The number of hydrogen-bond acceptors (Lipinski definition) is 5. The molecule has 1 saturated heterocycles. The van der Waals surface area contributed by atoms with Gasteiger partial charge in [-0.1, -0.05) is 41.8 Å². The summed E-state index contributed by atoms with van der Waals surface area (Å²) in [5.74, 6) is 7.40. The second kappa shape index (κ2) is 11.0. The predicted octanol–water partition coefficient (Wildman–Crippen LogP) is 6.98. The third-order valence-corrected chi connectivity index (χ3v) is 10.7. The summed E-state index contributed by atoms with van der Waals surface area (Å²) in [7, 11) is 0. The quantitative estimate of drug-likeness (QED) is 0.219. The van der Waals surface area contributed by atoms with E-state index in [1.54, 1.807) is 12.5 Å². The zero-order valence-corrected chi connectivity index (χ0v) is 23.6. The molecule has 2 saturated carbocycles. The molecule has 3 fully saturated rings. The van der Waals surface area contributed by atoms with Gasteiger partial charge in [0.2, 0.25) is 0 Å². The minimum atomic E-state index is -0.182. The summed E-state index contributed by atoms with van der Waals surface area (Å²) in [6.45, 7) is 7.00. The molecule has 5 nitrogen and oxygen atoms in total. The van der Waals surface area contributed by atoms with Crippen LogP contribution in [0.1, 0.15) is 83.1 Å². The summed E-state index contributed by atoms with van der Waals surface area (Å²) < 4.78 is 5.67. The average molecular weight is 527 g/mol. The minimum Gasteiger partial charge on any atom is -0.372 e. The molecule has 4 aliphatic carbocycles. The Labute approximate surface area is 233 Å². The van der Waals surface area contributed by atoms with Gasteiger partial charge in [0.1, 0.15) is 19.3 Å². The molecule has 1 heterocycles. The van der Waals surface area contributed by atoms with Crippen molar-refractivity contribution in [2.45, 2.75) is 83.6 Å². The molecule has 0 N–H and O–H groups in total. The van der Waals surface area contributed by atoms with E-state index < -0.39 is 0 Å². The number of carbonyl (C=O) groups excluding carboxylic acids is 1. The van der Waals surface area contributed by atoms with Crippen LogP contribution in [0.15, 0.2) is 52.2 Å². The first-order valence-electron chi connectivity index (χ1n) is 15.1. The van der Waals surface area contributed by atoms with E-state index in [0.29, 0.717) is 24.4 Å². The van der Waals surface area contributed by atoms with Crippen molar-refractivity contribution in [2.24, 2.45) is 28.3 Å². The van der Waals surface area contributed by atoms with E-state index >= 15 is 0 Å². The van der Waals surface area contributed by atoms with Crippen LogP contribution >= 0.6 is 0 Å². The van der Waals surface area contributed by atoms with E-state index in [1.165, 1.54) is 35.2 Å². The highest BCUT2D eigenvalue weighted by molar-refractivity contribution is 5.83. The maximum absolute atomic E-state index is 13.5. The Bertz CT molecular complexity index is 1230. The Morgan fingerprint density at radius 3 is 2.64 bits per heavy atom. The number of nitrogens with zero attached hydrogens (tertiary/aromatic N) is 2. The van der Waals surface area contributed by atoms with Gasteiger partial charge in [0.15, 0.2) is 5.78 Å². The van der Waals surface area contributed by atoms with Gasteiger partial charge in [0, 0.05) is 30.6 Å². The van der Waals surface area contributed by atoms with Crippen molar-refractivity contribution in [3.63, 3.8) is 0 Å². The van der Waals surface area contributed by atoms with Crippen molar-refractivity contribution in [3.05, 3.63) is 57.5 Å². The summed E-state index contributed by atoms with van der Waals surface area (Å²) >= 11 is 0. The van der Waals surface area contributed by atoms with Gasteiger partial charge in [0.05, 0.1) is 0 Å². The number of ether oxygens (including phenoxy) is 1. The maximum Gasteiger partial charge on any atom is 0.162 e. The smallest absolute Gasteiger partial charge is 0.162 e. The highest BCUT2D eigenvalue weighted by Crippen LogP contribution is 2.65. The fourth-order valence-electron chi connectivity index (χ4n) is 8.96. The van der Waals surface area contributed by atoms with Gasteiger partial charge >= 0.3 is 0 Å². The molecule has 1 unspecified atom stereocenters. The molecule has 0 spiro atoms. The number of anilines is 1. The predicted molar refractivity (Wildman–Crippen MR) is 155 cm³/mol. The molecule has 6 rings (SSSR count). The number of allylic oxidation sites excluding steroid dienone is 3. The van der Waals surface area contributed by atoms with Gasteiger partial charge < -0.3 is 9.64 Å². The van der Waals surface area contributed by atoms with E-state index in [-0.39, 0.29) is 29.8 Å². The SMILES string of the molecule is CC#CCOCC(=O)[C@H]1CC[C@H]2[C@@H]3CCC4=CC(N=O)CCC4=C3[C@@H](c3ccc(N4CCCC4)cc3)C[C@]12C. The first-order valence-corrected chi connectivity index (χ1v) is 15.1. The normalized spacial score (nSPS) is 33.4. The van der Waals surface area contributed by atoms with Crippen LogP contribution in [0.3, 0.4) is 0 Å². The molecule has 1 aromatic rings. The summed E-state index contributed by atoms with van der Waals surface area (Å²) in [4.78, 5) is 27.4. The zero-order chi connectivity index (χ0) is 27.0. The number of benzene rings is 1. The van der Waals surface area contributed by atoms with Crippen molar-refractivity contribution < 1.29 is 9.53 Å². The number of carbonyl (C=O) groups is 1. The lowest BCUT2D eigenvalue weighted by atomic mass is 9.51. The van der Waals surface area contributed by atoms with Crippen LogP contribution in [0.5, 0.6) is 0 Å². The van der Waals surface area contributed by atoms with Crippen molar-refractivity contribution in [1.82, 2.24) is 0 Å². The third kappa shape index (κ3) is 4.80. The van der Waals surface area contributed by atoms with E-state index in [9.17, 15) is 9.70 Å². The van der Waals surface area contributed by atoms with E-state index in [2.05, 4.69) is 59.2 Å². The first kappa shape index (κ1) is 26.5. The number of fused-ring (bicyclic) bond motifs is 4. The molecule has 1 aromatic carbocycles. The lowest BCUT2D eigenvalue weighted by molar-refractivity contribution is -0.131. The largest absolute Gasteiger partial charge is 0.372 e. The van der Waals surface area contributed by atoms with Crippen molar-refractivity contribution in [3.8, 4) is 11.8 Å². The van der Waals surface area contributed by atoms with E-state index in [1.807, 2.05) is 0 Å². The summed E-state index contributed by atoms with van der Waals surface area (Å²) in [6.07, 6.45) is 11.7. The van der Waals surface area contributed by atoms with Crippen LogP contribution in [0.2, 0.25) is 0 Å². The number of ketones is 1. The summed E-state index contributed by atoms with van der Waals surface area (Å²) in [5, 5.41) is 3.39. The lowest BCUT2D eigenvalue weighted by Gasteiger charge is -2.52. The van der Waals surface area contributed by atoms with Crippen molar-refractivity contribution in [1.29, 1.82) is 0 Å². The maximum atomic E-state index is 13.5. The molecule has 0 amide bonds. The van der Waals surface area contributed by atoms with Gasteiger partial charge in [0.25, 0.3) is 0 Å². The number of rotatable bonds is 7. The first-order chi connectivity index (χ1) is 19.0. The molecule has 206 valence electrons. The zero-order valence-electron chi connectivity index (χ0n) is 23.6. The van der Waals surface area contributed by atoms with Crippen LogP contribution in [-0.2, 0) is 9.53 Å². The molecule has 5 heteroatoms. The Morgan fingerprint density at radius 1 is 1.10 bits per heavy atom. The van der Waals surface area contributed by atoms with Crippen LogP contribution in [0, 0.1) is 39.9 Å². The second-order valence-corrected chi connectivity index (χ2v) is 12.7. The van der Waals surface area contributed by atoms with Crippen molar-refractivity contribution in [2.75, 3.05) is 31.2 Å². The average Bonchev–Trinajstić information content (AvgIpc) is 3.62. The fraction of sp³-hybridized carbons (Fsp3) is 0.618. The van der Waals surface area contributed by atoms with E-state index in [0.717, 1.165) is 58.0 Å². The van der Waals surface area contributed by atoms with Gasteiger partial charge in [-0.2, -0.15) is 4.91 Å². The van der Waals surface area contributed by atoms with E-state index in [4.69, 9.17) is 4.74 Å². The molecule has 1 aliphatic heterocycles. The second-order valence-electron chi connectivity index (χ2n) is 12.7.